The third-order valence-electron chi connectivity index (χ3n) is 2.95. The fourth-order valence-electron chi connectivity index (χ4n) is 2.06. The van der Waals surface area contributed by atoms with Gasteiger partial charge in [0.15, 0.2) is 17.3 Å². The van der Waals surface area contributed by atoms with E-state index in [2.05, 4.69) is 28.2 Å². The first-order valence-electron chi connectivity index (χ1n) is 5.95. The normalized spacial score (nSPS) is 12.6. The Labute approximate surface area is 119 Å². The number of rotatable bonds is 0. The molecule has 5 nitrogen and oxygen atoms in total. The van der Waals surface area contributed by atoms with Crippen LogP contribution in [0.5, 0.6) is 0 Å². The van der Waals surface area contributed by atoms with E-state index in [1.807, 2.05) is 0 Å². The van der Waals surface area contributed by atoms with Gasteiger partial charge in [0.2, 0.25) is 11.4 Å². The second-order valence-electron chi connectivity index (χ2n) is 4.10. The molecule has 21 heavy (non-hydrogen) atoms. The third kappa shape index (κ3) is 2.16. The summed E-state index contributed by atoms with van der Waals surface area (Å²) >= 11 is 0. The van der Waals surface area contributed by atoms with Gasteiger partial charge in [0.1, 0.15) is 5.69 Å². The highest BCUT2D eigenvalue weighted by Crippen LogP contribution is 2.34. The molecule has 2 aromatic rings. The van der Waals surface area contributed by atoms with Crippen LogP contribution in [0.3, 0.4) is 0 Å². The Kier molecular flexibility index (Phi) is 3.75. The topological polar surface area (TPSA) is 60.1 Å². The standard InChI is InChI=1S/C12H8F2N4O.C2H4/c1-15-12-16-9-5-3-7(13)8(14)4-6(5)11(19)10(9)17-18(12)2;1-2/h3-4H,1-2H3;1-2H2. The first kappa shape index (κ1) is 14.7. The van der Waals surface area contributed by atoms with Gasteiger partial charge in [0.25, 0.3) is 0 Å². The first-order chi connectivity index (χ1) is 10.0. The second kappa shape index (κ2) is 5.35. The zero-order chi connectivity index (χ0) is 15.7. The smallest absolute Gasteiger partial charge is 0.241 e. The summed E-state index contributed by atoms with van der Waals surface area (Å²) in [6.45, 7) is 6.00. The lowest BCUT2D eigenvalue weighted by molar-refractivity contribution is 0.103. The average molecular weight is 290 g/mol. The maximum absolute atomic E-state index is 13.3. The molecule has 0 spiro atoms. The van der Waals surface area contributed by atoms with E-state index in [1.54, 1.807) is 7.05 Å². The Bertz CT molecular complexity index is 811. The summed E-state index contributed by atoms with van der Waals surface area (Å²) in [5, 5.41) is 4.05. The van der Waals surface area contributed by atoms with Crippen molar-refractivity contribution in [2.45, 2.75) is 0 Å². The number of carbonyl (C=O) groups excluding carboxylic acids is 1. The highest BCUT2D eigenvalue weighted by atomic mass is 19.2. The van der Waals surface area contributed by atoms with E-state index in [0.717, 1.165) is 12.1 Å². The Morgan fingerprint density at radius 1 is 1.14 bits per heavy atom. The molecule has 0 saturated heterocycles. The molecule has 0 aliphatic heterocycles. The van der Waals surface area contributed by atoms with Gasteiger partial charge in [-0.3, -0.25) is 9.79 Å². The van der Waals surface area contributed by atoms with Gasteiger partial charge in [-0.05, 0) is 12.1 Å². The number of hydrogen-bond acceptors (Lipinski definition) is 4. The van der Waals surface area contributed by atoms with E-state index in [9.17, 15) is 13.6 Å². The van der Waals surface area contributed by atoms with Crippen molar-refractivity contribution in [3.8, 4) is 11.3 Å². The summed E-state index contributed by atoms with van der Waals surface area (Å²) in [5.74, 6) is -2.55. The van der Waals surface area contributed by atoms with Gasteiger partial charge >= 0.3 is 0 Å². The molecule has 1 heterocycles. The summed E-state index contributed by atoms with van der Waals surface area (Å²) in [4.78, 5) is 20.1. The fourth-order valence-corrected chi connectivity index (χ4v) is 2.06. The number of ketones is 1. The lowest BCUT2D eigenvalue weighted by Crippen LogP contribution is -2.26. The largest absolute Gasteiger partial charge is 0.287 e. The Morgan fingerprint density at radius 2 is 1.71 bits per heavy atom. The van der Waals surface area contributed by atoms with Gasteiger partial charge in [-0.15, -0.1) is 13.2 Å². The van der Waals surface area contributed by atoms with Crippen LogP contribution in [0.4, 0.5) is 8.78 Å². The van der Waals surface area contributed by atoms with Crippen molar-refractivity contribution in [3.63, 3.8) is 0 Å². The summed E-state index contributed by atoms with van der Waals surface area (Å²) in [7, 11) is 3.12. The fraction of sp³-hybridized carbons (Fsp3) is 0.143. The van der Waals surface area contributed by atoms with Crippen molar-refractivity contribution < 1.29 is 13.6 Å². The number of aryl methyl sites for hydroxylation is 1. The van der Waals surface area contributed by atoms with Gasteiger partial charge in [0.05, 0.1) is 0 Å². The van der Waals surface area contributed by atoms with Crippen LogP contribution in [-0.2, 0) is 7.05 Å². The lowest BCUT2D eigenvalue weighted by Gasteiger charge is -2.01. The quantitative estimate of drug-likeness (QED) is 0.591. The van der Waals surface area contributed by atoms with Crippen molar-refractivity contribution in [3.05, 3.63) is 53.8 Å². The minimum atomic E-state index is -1.07. The molecule has 0 radical (unpaired) electrons. The molecule has 0 unspecified atom stereocenters. The molecular formula is C14H12F2N4O. The predicted octanol–water partition coefficient (Wildman–Crippen LogP) is 1.64. The van der Waals surface area contributed by atoms with Crippen LogP contribution in [0, 0.1) is 11.6 Å². The monoisotopic (exact) mass is 290 g/mol. The molecular weight excluding hydrogens is 278 g/mol. The summed E-state index contributed by atoms with van der Waals surface area (Å²) in [6.07, 6.45) is 0. The van der Waals surface area contributed by atoms with Crippen LogP contribution in [0.2, 0.25) is 0 Å². The maximum Gasteiger partial charge on any atom is 0.241 e. The van der Waals surface area contributed by atoms with Crippen LogP contribution in [-0.4, -0.2) is 27.6 Å². The van der Waals surface area contributed by atoms with Gasteiger partial charge in [-0.1, -0.05) is 0 Å². The van der Waals surface area contributed by atoms with E-state index in [0.29, 0.717) is 5.62 Å². The van der Waals surface area contributed by atoms with E-state index >= 15 is 0 Å². The molecule has 1 aliphatic rings. The SMILES string of the molecule is C=C.CN=c1nc2c(nn1C)C(=O)c1cc(F)c(F)cc1-2. The molecule has 1 aliphatic carbocycles. The average Bonchev–Trinajstić information content (AvgIpc) is 2.74. The van der Waals surface area contributed by atoms with Crippen LogP contribution in [0.1, 0.15) is 16.1 Å². The van der Waals surface area contributed by atoms with Gasteiger partial charge in [-0.25, -0.2) is 18.4 Å². The van der Waals surface area contributed by atoms with Gasteiger partial charge in [0, 0.05) is 25.2 Å². The van der Waals surface area contributed by atoms with Crippen LogP contribution < -0.4 is 5.62 Å². The third-order valence-corrected chi connectivity index (χ3v) is 2.95. The van der Waals surface area contributed by atoms with Crippen LogP contribution in [0.15, 0.2) is 30.3 Å². The molecule has 108 valence electrons. The molecule has 0 saturated carbocycles. The molecule has 0 amide bonds. The van der Waals surface area contributed by atoms with E-state index in [4.69, 9.17) is 0 Å². The maximum atomic E-state index is 13.3. The van der Waals surface area contributed by atoms with Crippen molar-refractivity contribution in [1.29, 1.82) is 0 Å². The molecule has 1 aromatic heterocycles. The van der Waals surface area contributed by atoms with E-state index in [-0.39, 0.29) is 22.5 Å². The number of fused-ring (bicyclic) bond motifs is 3. The zero-order valence-electron chi connectivity index (χ0n) is 11.5. The zero-order valence-corrected chi connectivity index (χ0v) is 11.5. The van der Waals surface area contributed by atoms with Gasteiger partial charge < -0.3 is 0 Å². The number of hydrogen-bond donors (Lipinski definition) is 0. The minimum absolute atomic E-state index is 0.0714. The molecule has 0 atom stereocenters. The summed E-state index contributed by atoms with van der Waals surface area (Å²) in [6, 6.07) is 1.83. The molecule has 1 aromatic carbocycles. The highest BCUT2D eigenvalue weighted by Gasteiger charge is 2.32. The molecule has 0 N–H and O–H groups in total. The molecule has 7 heteroatoms. The molecule has 0 fully saturated rings. The summed E-state index contributed by atoms with van der Waals surface area (Å²) in [5.41, 5.74) is 0.927. The number of aromatic nitrogens is 3. The van der Waals surface area contributed by atoms with Crippen molar-refractivity contribution in [2.24, 2.45) is 12.0 Å². The van der Waals surface area contributed by atoms with Crippen molar-refractivity contribution >= 4 is 5.78 Å². The molecule has 0 bridgehead atoms. The lowest BCUT2D eigenvalue weighted by atomic mass is 10.1. The highest BCUT2D eigenvalue weighted by molar-refractivity contribution is 6.19. The van der Waals surface area contributed by atoms with E-state index < -0.39 is 17.4 Å². The van der Waals surface area contributed by atoms with Crippen molar-refractivity contribution in [2.75, 3.05) is 7.05 Å². The molecule has 3 rings (SSSR count). The number of halogens is 2. The minimum Gasteiger partial charge on any atom is -0.287 e. The van der Waals surface area contributed by atoms with Crippen LogP contribution in [0.25, 0.3) is 11.3 Å². The number of nitrogens with zero attached hydrogens (tertiary/aromatic N) is 4. The predicted molar refractivity (Wildman–Crippen MR) is 72.5 cm³/mol. The Balaban J connectivity index is 0.000000774. The number of benzene rings is 1. The van der Waals surface area contributed by atoms with Crippen molar-refractivity contribution in [1.82, 2.24) is 14.8 Å². The Morgan fingerprint density at radius 3 is 2.29 bits per heavy atom. The van der Waals surface area contributed by atoms with E-state index in [1.165, 1.54) is 11.7 Å². The second-order valence-corrected chi connectivity index (χ2v) is 4.10. The van der Waals surface area contributed by atoms with Crippen LogP contribution >= 0.6 is 0 Å². The van der Waals surface area contributed by atoms with Gasteiger partial charge in [-0.2, -0.15) is 5.10 Å². The number of carbonyl (C=O) groups is 1. The Hall–Kier alpha value is -2.70. The first-order valence-corrected chi connectivity index (χ1v) is 5.95. The summed E-state index contributed by atoms with van der Waals surface area (Å²) < 4.78 is 27.8.